The molecule has 3 aromatic rings. The van der Waals surface area contributed by atoms with E-state index < -0.39 is 9.84 Å². The second-order valence-electron chi connectivity index (χ2n) is 7.61. The van der Waals surface area contributed by atoms with Crippen LogP contribution in [0.4, 0.5) is 0 Å². The van der Waals surface area contributed by atoms with Gasteiger partial charge < -0.3 is 0 Å². The van der Waals surface area contributed by atoms with Crippen LogP contribution in [0.25, 0.3) is 11.1 Å². The van der Waals surface area contributed by atoms with Crippen LogP contribution in [-0.2, 0) is 29.2 Å². The fourth-order valence-corrected chi connectivity index (χ4v) is 5.22. The van der Waals surface area contributed by atoms with Gasteiger partial charge in [-0.2, -0.15) is 5.10 Å². The van der Waals surface area contributed by atoms with Crippen molar-refractivity contribution in [2.75, 3.05) is 6.26 Å². The maximum absolute atomic E-state index is 13.7. The van der Waals surface area contributed by atoms with Gasteiger partial charge in [0.1, 0.15) is 4.90 Å². The molecule has 0 saturated carbocycles. The van der Waals surface area contributed by atoms with Crippen LogP contribution in [0.15, 0.2) is 52.2 Å². The SMILES string of the molecule is CCc1ccc(C)c(CC)c1-c1c(S(C)(=O)=O)c(C)nn(Cc2ccccc2)c1=O. The Bertz CT molecular complexity index is 1240. The average Bonchev–Trinajstić information content (AvgIpc) is 2.70. The number of hydrogen-bond acceptors (Lipinski definition) is 4. The highest BCUT2D eigenvalue weighted by Gasteiger charge is 2.27. The molecule has 0 unspecified atom stereocenters. The Morgan fingerprint density at radius 3 is 2.17 bits per heavy atom. The van der Waals surface area contributed by atoms with Crippen molar-refractivity contribution in [2.24, 2.45) is 0 Å². The number of nitrogens with zero attached hydrogens (tertiary/aromatic N) is 2. The minimum absolute atomic E-state index is 0.0341. The average molecular weight is 425 g/mol. The summed E-state index contributed by atoms with van der Waals surface area (Å²) >= 11 is 0. The predicted molar refractivity (Wildman–Crippen MR) is 121 cm³/mol. The molecule has 0 N–H and O–H groups in total. The standard InChI is InChI=1S/C24H28N2O3S/c1-6-19-14-13-16(3)20(7-2)21(19)22-23(30(5,28)29)17(4)25-26(24(22)27)15-18-11-9-8-10-12-18/h8-14H,6-7,15H2,1-5H3. The maximum atomic E-state index is 13.7. The Hall–Kier alpha value is -2.73. The minimum atomic E-state index is -3.66. The molecule has 0 radical (unpaired) electrons. The molecule has 158 valence electrons. The highest BCUT2D eigenvalue weighted by molar-refractivity contribution is 7.90. The molecule has 0 aliphatic carbocycles. The van der Waals surface area contributed by atoms with Gasteiger partial charge in [0.25, 0.3) is 5.56 Å². The summed E-state index contributed by atoms with van der Waals surface area (Å²) in [6.07, 6.45) is 2.55. The van der Waals surface area contributed by atoms with Gasteiger partial charge in [0.15, 0.2) is 9.84 Å². The Morgan fingerprint density at radius 2 is 1.60 bits per heavy atom. The molecule has 3 rings (SSSR count). The van der Waals surface area contributed by atoms with Crippen molar-refractivity contribution in [2.45, 2.75) is 52.0 Å². The summed E-state index contributed by atoms with van der Waals surface area (Å²) in [7, 11) is -3.66. The Labute approximate surface area is 178 Å². The molecule has 30 heavy (non-hydrogen) atoms. The van der Waals surface area contributed by atoms with Crippen LogP contribution in [0.5, 0.6) is 0 Å². The lowest BCUT2D eigenvalue weighted by atomic mass is 9.89. The van der Waals surface area contributed by atoms with E-state index in [1.807, 2.05) is 63.2 Å². The number of rotatable bonds is 6. The molecule has 2 aromatic carbocycles. The molecular weight excluding hydrogens is 396 g/mol. The van der Waals surface area contributed by atoms with E-state index in [9.17, 15) is 13.2 Å². The van der Waals surface area contributed by atoms with Crippen LogP contribution in [0, 0.1) is 13.8 Å². The Balaban J connectivity index is 2.44. The molecule has 6 heteroatoms. The van der Waals surface area contributed by atoms with Gasteiger partial charge in [-0.15, -0.1) is 0 Å². The fraction of sp³-hybridized carbons (Fsp3) is 0.333. The van der Waals surface area contributed by atoms with Crippen molar-refractivity contribution in [1.82, 2.24) is 9.78 Å². The first kappa shape index (κ1) is 22.0. The number of aromatic nitrogens is 2. The summed E-state index contributed by atoms with van der Waals surface area (Å²) in [6.45, 7) is 7.99. The largest absolute Gasteiger partial charge is 0.276 e. The molecule has 0 spiro atoms. The topological polar surface area (TPSA) is 69.0 Å². The number of aryl methyl sites for hydroxylation is 3. The predicted octanol–water partition coefficient (Wildman–Crippen LogP) is 4.10. The highest BCUT2D eigenvalue weighted by Crippen LogP contribution is 2.34. The van der Waals surface area contributed by atoms with E-state index >= 15 is 0 Å². The van der Waals surface area contributed by atoms with Crippen LogP contribution in [0.3, 0.4) is 0 Å². The lowest BCUT2D eigenvalue weighted by molar-refractivity contribution is 0.590. The lowest BCUT2D eigenvalue weighted by Gasteiger charge is -2.20. The quantitative estimate of drug-likeness (QED) is 0.597. The smallest absolute Gasteiger partial charge is 0.267 e. The molecule has 1 heterocycles. The second-order valence-corrected chi connectivity index (χ2v) is 9.56. The van der Waals surface area contributed by atoms with Crippen molar-refractivity contribution < 1.29 is 8.42 Å². The van der Waals surface area contributed by atoms with Crippen LogP contribution in [-0.4, -0.2) is 24.5 Å². The summed E-state index contributed by atoms with van der Waals surface area (Å²) in [5.41, 5.74) is 4.92. The first-order valence-corrected chi connectivity index (χ1v) is 12.1. The summed E-state index contributed by atoms with van der Waals surface area (Å²) in [5, 5.41) is 4.38. The van der Waals surface area contributed by atoms with Gasteiger partial charge in [-0.05, 0) is 54.5 Å². The highest BCUT2D eigenvalue weighted by atomic mass is 32.2. The van der Waals surface area contributed by atoms with Gasteiger partial charge in [0.05, 0.1) is 17.8 Å². The molecule has 0 saturated heterocycles. The number of hydrogen-bond donors (Lipinski definition) is 0. The van der Waals surface area contributed by atoms with Gasteiger partial charge in [-0.1, -0.05) is 56.3 Å². The maximum Gasteiger partial charge on any atom is 0.276 e. The Morgan fingerprint density at radius 1 is 0.933 bits per heavy atom. The van der Waals surface area contributed by atoms with Crippen molar-refractivity contribution in [3.05, 3.63) is 80.8 Å². The van der Waals surface area contributed by atoms with Crippen LogP contribution < -0.4 is 5.56 Å². The molecule has 0 amide bonds. The molecule has 0 aliphatic heterocycles. The molecule has 5 nitrogen and oxygen atoms in total. The third-order valence-corrected chi connectivity index (χ3v) is 6.68. The van der Waals surface area contributed by atoms with E-state index in [2.05, 4.69) is 5.10 Å². The van der Waals surface area contributed by atoms with E-state index in [4.69, 9.17) is 0 Å². The van der Waals surface area contributed by atoms with Crippen LogP contribution in [0.2, 0.25) is 0 Å². The summed E-state index contributed by atoms with van der Waals surface area (Å²) < 4.78 is 26.9. The van der Waals surface area contributed by atoms with E-state index in [1.54, 1.807) is 6.92 Å². The van der Waals surface area contributed by atoms with E-state index in [-0.39, 0.29) is 22.6 Å². The third kappa shape index (κ3) is 4.10. The van der Waals surface area contributed by atoms with Gasteiger partial charge in [0.2, 0.25) is 0 Å². The zero-order valence-corrected chi connectivity index (χ0v) is 19.0. The van der Waals surface area contributed by atoms with Crippen molar-refractivity contribution >= 4 is 9.84 Å². The fourth-order valence-electron chi connectivity index (χ4n) is 4.08. The Kier molecular flexibility index (Phi) is 6.27. The molecule has 0 fully saturated rings. The second kappa shape index (κ2) is 8.56. The first-order valence-electron chi connectivity index (χ1n) is 10.2. The van der Waals surface area contributed by atoms with Crippen molar-refractivity contribution in [1.29, 1.82) is 0 Å². The zero-order valence-electron chi connectivity index (χ0n) is 18.2. The summed E-state index contributed by atoms with van der Waals surface area (Å²) in [6, 6.07) is 13.6. The first-order chi connectivity index (χ1) is 14.2. The van der Waals surface area contributed by atoms with Gasteiger partial charge >= 0.3 is 0 Å². The molecule has 0 aliphatic rings. The van der Waals surface area contributed by atoms with Gasteiger partial charge in [0, 0.05) is 6.26 Å². The van der Waals surface area contributed by atoms with Crippen molar-refractivity contribution in [3.63, 3.8) is 0 Å². The van der Waals surface area contributed by atoms with Gasteiger partial charge in [-0.25, -0.2) is 13.1 Å². The van der Waals surface area contributed by atoms with Crippen LogP contribution >= 0.6 is 0 Å². The van der Waals surface area contributed by atoms with E-state index in [0.717, 1.165) is 34.1 Å². The minimum Gasteiger partial charge on any atom is -0.267 e. The number of sulfone groups is 1. The molecular formula is C24H28N2O3S. The van der Waals surface area contributed by atoms with E-state index in [1.165, 1.54) is 4.68 Å². The van der Waals surface area contributed by atoms with E-state index in [0.29, 0.717) is 18.5 Å². The third-order valence-electron chi connectivity index (χ3n) is 5.44. The molecule has 0 bridgehead atoms. The van der Waals surface area contributed by atoms with Crippen molar-refractivity contribution in [3.8, 4) is 11.1 Å². The summed E-state index contributed by atoms with van der Waals surface area (Å²) in [5.74, 6) is 0. The van der Waals surface area contributed by atoms with Gasteiger partial charge in [-0.3, -0.25) is 4.79 Å². The summed E-state index contributed by atoms with van der Waals surface area (Å²) in [4.78, 5) is 13.7. The zero-order chi connectivity index (χ0) is 22.1. The lowest BCUT2D eigenvalue weighted by Crippen LogP contribution is -2.29. The molecule has 1 aromatic heterocycles. The normalized spacial score (nSPS) is 11.6. The monoisotopic (exact) mass is 424 g/mol. The number of benzene rings is 2. The molecule has 0 atom stereocenters. The van der Waals surface area contributed by atoms with Crippen LogP contribution in [0.1, 0.15) is 41.8 Å².